The molecule has 0 saturated heterocycles. The quantitative estimate of drug-likeness (QED) is 0.365. The van der Waals surface area contributed by atoms with Crippen molar-refractivity contribution in [2.45, 2.75) is 39.5 Å². The molecule has 1 N–H and O–H groups in total. The first-order valence-corrected chi connectivity index (χ1v) is 11.2. The monoisotopic (exact) mass is 439 g/mol. The second kappa shape index (κ2) is 10.7. The van der Waals surface area contributed by atoms with Gasteiger partial charge < -0.3 is 9.73 Å². The highest BCUT2D eigenvalue weighted by Gasteiger charge is 2.18. The molecule has 4 rings (SSSR count). The van der Waals surface area contributed by atoms with Crippen molar-refractivity contribution in [1.82, 2.24) is 15.2 Å². The molecule has 1 atom stereocenters. The molecule has 0 spiro atoms. The molecule has 1 aromatic heterocycles. The van der Waals surface area contributed by atoms with Gasteiger partial charge in [-0.15, -0.1) is 0 Å². The van der Waals surface area contributed by atoms with E-state index in [9.17, 15) is 4.79 Å². The van der Waals surface area contributed by atoms with Crippen molar-refractivity contribution in [2.75, 3.05) is 0 Å². The van der Waals surface area contributed by atoms with Crippen LogP contribution in [0.25, 0.3) is 0 Å². The molecule has 0 saturated carbocycles. The number of oxazole rings is 1. The predicted molar refractivity (Wildman–Crippen MR) is 129 cm³/mol. The van der Waals surface area contributed by atoms with Gasteiger partial charge in [0.1, 0.15) is 6.26 Å². The van der Waals surface area contributed by atoms with E-state index in [0.717, 1.165) is 18.7 Å². The molecule has 0 fully saturated rings. The minimum Gasteiger partial charge on any atom is -0.447 e. The van der Waals surface area contributed by atoms with Gasteiger partial charge in [0.25, 0.3) is 5.91 Å². The van der Waals surface area contributed by atoms with Gasteiger partial charge in [-0.1, -0.05) is 84.9 Å². The van der Waals surface area contributed by atoms with Crippen LogP contribution in [-0.4, -0.2) is 15.8 Å². The van der Waals surface area contributed by atoms with Crippen LogP contribution in [0.3, 0.4) is 0 Å². The minimum atomic E-state index is -0.241. The van der Waals surface area contributed by atoms with Crippen LogP contribution in [0.4, 0.5) is 0 Å². The maximum absolute atomic E-state index is 12.7. The molecular formula is C28H29N3O2. The number of hydrogen-bond acceptors (Lipinski definition) is 4. The Labute approximate surface area is 195 Å². The highest BCUT2D eigenvalue weighted by atomic mass is 16.3. The molecule has 33 heavy (non-hydrogen) atoms. The third-order valence-electron chi connectivity index (χ3n) is 5.69. The Morgan fingerprint density at radius 2 is 1.58 bits per heavy atom. The molecule has 4 aromatic rings. The van der Waals surface area contributed by atoms with E-state index >= 15 is 0 Å². The molecule has 0 aliphatic rings. The predicted octanol–water partition coefficient (Wildman–Crippen LogP) is 5.68. The van der Waals surface area contributed by atoms with Crippen LogP contribution in [0, 0.1) is 6.92 Å². The van der Waals surface area contributed by atoms with E-state index in [0.29, 0.717) is 18.1 Å². The third kappa shape index (κ3) is 6.18. The molecule has 5 heteroatoms. The third-order valence-corrected chi connectivity index (χ3v) is 5.69. The minimum absolute atomic E-state index is 0.116. The Hall–Kier alpha value is -3.70. The van der Waals surface area contributed by atoms with E-state index in [1.807, 2.05) is 55.5 Å². The van der Waals surface area contributed by atoms with Crippen molar-refractivity contribution in [1.29, 1.82) is 0 Å². The summed E-state index contributed by atoms with van der Waals surface area (Å²) in [4.78, 5) is 19.5. The Kier molecular flexibility index (Phi) is 7.33. The van der Waals surface area contributed by atoms with E-state index < -0.39 is 0 Å². The average molecular weight is 440 g/mol. The standard InChI is InChI=1S/C28H29N3O2/c1-21-11-9-10-16-25(21)18-31(17-23-12-5-3-6-13-23)19-27-30-26(20-33-27)28(32)29-22(2)24-14-7-4-8-15-24/h3-16,20,22H,17-19H2,1-2H3,(H,29,32)/t22-/m1/s1. The lowest BCUT2D eigenvalue weighted by Gasteiger charge is -2.22. The zero-order chi connectivity index (χ0) is 23.0. The van der Waals surface area contributed by atoms with Crippen LogP contribution in [0.5, 0.6) is 0 Å². The number of carbonyl (C=O) groups is 1. The highest BCUT2D eigenvalue weighted by molar-refractivity contribution is 5.92. The summed E-state index contributed by atoms with van der Waals surface area (Å²) in [5.74, 6) is 0.284. The summed E-state index contributed by atoms with van der Waals surface area (Å²) in [5.41, 5.74) is 5.06. The molecule has 1 amide bonds. The number of hydrogen-bond donors (Lipinski definition) is 1. The molecular weight excluding hydrogens is 410 g/mol. The number of rotatable bonds is 9. The van der Waals surface area contributed by atoms with Crippen molar-refractivity contribution in [2.24, 2.45) is 0 Å². The fourth-order valence-electron chi connectivity index (χ4n) is 3.81. The molecule has 0 aliphatic heterocycles. The number of nitrogens with zero attached hydrogens (tertiary/aromatic N) is 2. The SMILES string of the molecule is Cc1ccccc1CN(Cc1ccccc1)Cc1nc(C(=O)N[C@H](C)c2ccccc2)co1. The molecule has 0 unspecified atom stereocenters. The van der Waals surface area contributed by atoms with Crippen LogP contribution < -0.4 is 5.32 Å². The van der Waals surface area contributed by atoms with Crippen LogP contribution in [0.2, 0.25) is 0 Å². The number of aryl methyl sites for hydroxylation is 1. The lowest BCUT2D eigenvalue weighted by atomic mass is 10.1. The molecule has 168 valence electrons. The molecule has 0 aliphatic carbocycles. The fourth-order valence-corrected chi connectivity index (χ4v) is 3.81. The molecule has 3 aromatic carbocycles. The fraction of sp³-hybridized carbons (Fsp3) is 0.214. The first-order chi connectivity index (χ1) is 16.1. The summed E-state index contributed by atoms with van der Waals surface area (Å²) in [6, 6.07) is 28.5. The van der Waals surface area contributed by atoms with Gasteiger partial charge >= 0.3 is 0 Å². The van der Waals surface area contributed by atoms with Gasteiger partial charge in [0.2, 0.25) is 5.89 Å². The Morgan fingerprint density at radius 3 is 2.30 bits per heavy atom. The highest BCUT2D eigenvalue weighted by Crippen LogP contribution is 2.17. The van der Waals surface area contributed by atoms with Gasteiger partial charge in [-0.05, 0) is 36.1 Å². The Bertz CT molecular complexity index is 1170. The number of amides is 1. The van der Waals surface area contributed by atoms with Gasteiger partial charge in [0.15, 0.2) is 5.69 Å². The Balaban J connectivity index is 1.46. The summed E-state index contributed by atoms with van der Waals surface area (Å²) >= 11 is 0. The Morgan fingerprint density at radius 1 is 0.909 bits per heavy atom. The summed E-state index contributed by atoms with van der Waals surface area (Å²) in [6.07, 6.45) is 1.44. The van der Waals surface area contributed by atoms with Crippen LogP contribution in [-0.2, 0) is 19.6 Å². The first-order valence-electron chi connectivity index (χ1n) is 11.2. The zero-order valence-corrected chi connectivity index (χ0v) is 19.1. The zero-order valence-electron chi connectivity index (χ0n) is 19.1. The van der Waals surface area contributed by atoms with Crippen LogP contribution in [0.1, 0.15) is 51.6 Å². The molecule has 0 radical (unpaired) electrons. The van der Waals surface area contributed by atoms with Crippen molar-refractivity contribution in [3.63, 3.8) is 0 Å². The van der Waals surface area contributed by atoms with Gasteiger partial charge in [-0.3, -0.25) is 9.69 Å². The maximum Gasteiger partial charge on any atom is 0.273 e. The van der Waals surface area contributed by atoms with Crippen molar-refractivity contribution in [3.8, 4) is 0 Å². The van der Waals surface area contributed by atoms with Crippen molar-refractivity contribution >= 4 is 5.91 Å². The second-order valence-electron chi connectivity index (χ2n) is 8.29. The largest absolute Gasteiger partial charge is 0.447 e. The lowest BCUT2D eigenvalue weighted by molar-refractivity contribution is 0.0934. The normalized spacial score (nSPS) is 12.0. The molecule has 1 heterocycles. The number of carbonyl (C=O) groups excluding carboxylic acids is 1. The average Bonchev–Trinajstić information content (AvgIpc) is 3.30. The lowest BCUT2D eigenvalue weighted by Crippen LogP contribution is -2.27. The van der Waals surface area contributed by atoms with Crippen LogP contribution in [0.15, 0.2) is 95.6 Å². The summed E-state index contributed by atoms with van der Waals surface area (Å²) in [7, 11) is 0. The number of nitrogens with one attached hydrogen (secondary N) is 1. The molecule has 0 bridgehead atoms. The van der Waals surface area contributed by atoms with Gasteiger partial charge in [-0.2, -0.15) is 0 Å². The van der Waals surface area contributed by atoms with Gasteiger partial charge in [0.05, 0.1) is 12.6 Å². The van der Waals surface area contributed by atoms with E-state index in [-0.39, 0.29) is 11.9 Å². The number of benzene rings is 3. The summed E-state index contributed by atoms with van der Waals surface area (Å²) in [5, 5.41) is 2.99. The topological polar surface area (TPSA) is 58.4 Å². The second-order valence-corrected chi connectivity index (χ2v) is 8.29. The molecule has 5 nitrogen and oxygen atoms in total. The van der Waals surface area contributed by atoms with E-state index in [1.165, 1.54) is 23.0 Å². The van der Waals surface area contributed by atoms with E-state index in [4.69, 9.17) is 4.42 Å². The van der Waals surface area contributed by atoms with Crippen molar-refractivity contribution in [3.05, 3.63) is 125 Å². The summed E-state index contributed by atoms with van der Waals surface area (Å²) < 4.78 is 5.70. The first kappa shape index (κ1) is 22.5. The summed E-state index contributed by atoms with van der Waals surface area (Å²) in [6.45, 7) is 6.10. The van der Waals surface area contributed by atoms with Crippen LogP contribution >= 0.6 is 0 Å². The smallest absolute Gasteiger partial charge is 0.273 e. The van der Waals surface area contributed by atoms with E-state index in [2.05, 4.69) is 58.5 Å². The number of aromatic nitrogens is 1. The maximum atomic E-state index is 12.7. The van der Waals surface area contributed by atoms with Gasteiger partial charge in [-0.25, -0.2) is 4.98 Å². The van der Waals surface area contributed by atoms with E-state index in [1.54, 1.807) is 0 Å². The van der Waals surface area contributed by atoms with Gasteiger partial charge in [0, 0.05) is 13.1 Å². The van der Waals surface area contributed by atoms with Crippen molar-refractivity contribution < 1.29 is 9.21 Å².